The van der Waals surface area contributed by atoms with Gasteiger partial charge in [0, 0.05) is 33.4 Å². The lowest BCUT2D eigenvalue weighted by molar-refractivity contribution is -0.138. The molecule has 2 heterocycles. The Kier molecular flexibility index (Phi) is 12.5. The number of carbonyl (C=O) groups excluding carboxylic acids is 5. The maximum absolute atomic E-state index is 13.7. The molecule has 3 N–H and O–H groups in total. The SMILES string of the molecule is COC(=O)N[C@@H](C(=O)N1CCC[C@H]1C(=O)Nc1ccc(-c2ccc(NC(=O)[C@@H]3CCCN3C(=O)[C@H](C)c3ccccc3)cc2Br)c(Br)c1)c1ccccc1. The zero-order chi connectivity index (χ0) is 38.4. The summed E-state index contributed by atoms with van der Waals surface area (Å²) in [7, 11) is 1.23. The number of nitrogens with one attached hydrogen (secondary N) is 3. The number of halogens is 2. The second-order valence-electron chi connectivity index (χ2n) is 13.4. The van der Waals surface area contributed by atoms with Gasteiger partial charge in [-0.05, 0) is 79.1 Å². The van der Waals surface area contributed by atoms with E-state index in [2.05, 4.69) is 47.8 Å². The van der Waals surface area contributed by atoms with Crippen LogP contribution in [0.25, 0.3) is 11.1 Å². The normalized spacial score (nSPS) is 17.7. The number of hydrogen-bond donors (Lipinski definition) is 3. The first kappa shape index (κ1) is 38.7. The molecule has 2 aliphatic heterocycles. The Bertz CT molecular complexity index is 2030. The molecule has 4 aromatic carbocycles. The fraction of sp³-hybridized carbons (Fsp3) is 0.293. The molecule has 4 atom stereocenters. The van der Waals surface area contributed by atoms with Crippen LogP contribution in [0, 0.1) is 0 Å². The molecule has 0 saturated carbocycles. The lowest BCUT2D eigenvalue weighted by Crippen LogP contribution is -2.48. The summed E-state index contributed by atoms with van der Waals surface area (Å²) in [6.45, 7) is 2.80. The van der Waals surface area contributed by atoms with Crippen molar-refractivity contribution in [2.24, 2.45) is 0 Å². The molecule has 0 aliphatic carbocycles. The van der Waals surface area contributed by atoms with Gasteiger partial charge in [0.25, 0.3) is 5.91 Å². The molecule has 2 fully saturated rings. The summed E-state index contributed by atoms with van der Waals surface area (Å²) in [5, 5.41) is 8.57. The number of benzene rings is 4. The molecule has 2 saturated heterocycles. The van der Waals surface area contributed by atoms with E-state index in [1.807, 2.05) is 67.6 Å². The Morgan fingerprint density at radius 3 is 1.59 bits per heavy atom. The summed E-state index contributed by atoms with van der Waals surface area (Å²) in [4.78, 5) is 69.5. The van der Waals surface area contributed by atoms with Crippen LogP contribution >= 0.6 is 31.9 Å². The number of alkyl carbamates (subject to hydrolysis) is 1. The van der Waals surface area contributed by atoms with E-state index in [-0.39, 0.29) is 23.6 Å². The Balaban J connectivity index is 1.10. The van der Waals surface area contributed by atoms with Crippen LogP contribution < -0.4 is 16.0 Å². The highest BCUT2D eigenvalue weighted by atomic mass is 79.9. The first-order valence-corrected chi connectivity index (χ1v) is 19.4. The van der Waals surface area contributed by atoms with E-state index in [0.29, 0.717) is 49.3 Å². The number of ether oxygens (including phenoxy) is 1. The van der Waals surface area contributed by atoms with E-state index in [1.54, 1.807) is 41.3 Å². The molecule has 6 rings (SSSR count). The third-order valence-electron chi connectivity index (χ3n) is 9.94. The summed E-state index contributed by atoms with van der Waals surface area (Å²) in [5.41, 5.74) is 4.34. The minimum absolute atomic E-state index is 0.0569. The Morgan fingerprint density at radius 1 is 0.667 bits per heavy atom. The lowest BCUT2D eigenvalue weighted by Gasteiger charge is -2.28. The molecule has 0 spiro atoms. The summed E-state index contributed by atoms with van der Waals surface area (Å²) < 4.78 is 6.22. The zero-order valence-corrected chi connectivity index (χ0v) is 33.1. The van der Waals surface area contributed by atoms with Gasteiger partial charge in [0.1, 0.15) is 18.1 Å². The Labute approximate surface area is 331 Å². The topological polar surface area (TPSA) is 137 Å². The minimum Gasteiger partial charge on any atom is -0.453 e. The number of amides is 5. The molecular weight excluding hydrogens is 818 g/mol. The van der Waals surface area contributed by atoms with Crippen LogP contribution in [0.5, 0.6) is 0 Å². The number of nitrogens with zero attached hydrogens (tertiary/aromatic N) is 2. The van der Waals surface area contributed by atoms with Gasteiger partial charge >= 0.3 is 6.09 Å². The van der Waals surface area contributed by atoms with Crippen molar-refractivity contribution in [3.63, 3.8) is 0 Å². The van der Waals surface area contributed by atoms with Crippen molar-refractivity contribution in [3.05, 3.63) is 117 Å². The third kappa shape index (κ3) is 8.68. The number of hydrogen-bond acceptors (Lipinski definition) is 6. The van der Waals surface area contributed by atoms with E-state index in [0.717, 1.165) is 32.1 Å². The van der Waals surface area contributed by atoms with Crippen molar-refractivity contribution in [1.82, 2.24) is 15.1 Å². The second kappa shape index (κ2) is 17.4. The summed E-state index contributed by atoms with van der Waals surface area (Å²) >= 11 is 7.32. The molecule has 54 heavy (non-hydrogen) atoms. The van der Waals surface area contributed by atoms with E-state index >= 15 is 0 Å². The van der Waals surface area contributed by atoms with Gasteiger partial charge in [-0.25, -0.2) is 4.79 Å². The Hall–Kier alpha value is -5.01. The van der Waals surface area contributed by atoms with Crippen LogP contribution in [0.1, 0.15) is 55.7 Å². The molecular formula is C41H41Br2N5O6. The minimum atomic E-state index is -1.01. The van der Waals surface area contributed by atoms with Gasteiger partial charge in [0.05, 0.1) is 13.0 Å². The molecule has 4 aromatic rings. The molecule has 0 aromatic heterocycles. The molecule has 0 radical (unpaired) electrons. The van der Waals surface area contributed by atoms with Gasteiger partial charge in [0.2, 0.25) is 17.7 Å². The van der Waals surface area contributed by atoms with Crippen molar-refractivity contribution in [2.45, 2.75) is 56.7 Å². The molecule has 0 unspecified atom stereocenters. The Morgan fingerprint density at radius 2 is 1.13 bits per heavy atom. The van der Waals surface area contributed by atoms with Crippen molar-refractivity contribution < 1.29 is 28.7 Å². The monoisotopic (exact) mass is 857 g/mol. The molecule has 13 heteroatoms. The van der Waals surface area contributed by atoms with Crippen molar-refractivity contribution >= 4 is 73.0 Å². The fourth-order valence-electron chi connectivity index (χ4n) is 7.09. The van der Waals surface area contributed by atoms with Crippen LogP contribution in [0.2, 0.25) is 0 Å². The molecule has 2 aliphatic rings. The lowest BCUT2D eigenvalue weighted by atomic mass is 9.99. The van der Waals surface area contributed by atoms with Gasteiger partial charge in [-0.3, -0.25) is 19.2 Å². The van der Waals surface area contributed by atoms with Gasteiger partial charge < -0.3 is 30.5 Å². The predicted octanol–water partition coefficient (Wildman–Crippen LogP) is 7.64. The van der Waals surface area contributed by atoms with Gasteiger partial charge in [-0.2, -0.15) is 0 Å². The number of anilines is 2. The van der Waals surface area contributed by atoms with Crippen LogP contribution in [0.4, 0.5) is 16.2 Å². The van der Waals surface area contributed by atoms with Gasteiger partial charge in [-0.1, -0.05) is 105 Å². The summed E-state index contributed by atoms with van der Waals surface area (Å²) in [6.07, 6.45) is 1.74. The quantitative estimate of drug-likeness (QED) is 0.150. The summed E-state index contributed by atoms with van der Waals surface area (Å²) in [6, 6.07) is 27.2. The highest BCUT2D eigenvalue weighted by Crippen LogP contribution is 2.37. The van der Waals surface area contributed by atoms with Crippen LogP contribution in [0.3, 0.4) is 0 Å². The average Bonchev–Trinajstić information content (AvgIpc) is 3.89. The third-order valence-corrected chi connectivity index (χ3v) is 11.3. The van der Waals surface area contributed by atoms with Crippen molar-refractivity contribution in [2.75, 3.05) is 30.8 Å². The highest BCUT2D eigenvalue weighted by Gasteiger charge is 2.39. The van der Waals surface area contributed by atoms with Crippen LogP contribution in [0.15, 0.2) is 106 Å². The van der Waals surface area contributed by atoms with E-state index in [9.17, 15) is 24.0 Å². The summed E-state index contributed by atoms with van der Waals surface area (Å²) in [5.74, 6) is -1.35. The molecule has 11 nitrogen and oxygen atoms in total. The number of likely N-dealkylation sites (tertiary alicyclic amines) is 2. The van der Waals surface area contributed by atoms with E-state index in [1.165, 1.54) is 12.0 Å². The maximum atomic E-state index is 13.7. The molecule has 280 valence electrons. The first-order valence-electron chi connectivity index (χ1n) is 17.8. The van der Waals surface area contributed by atoms with E-state index in [4.69, 9.17) is 4.74 Å². The highest BCUT2D eigenvalue weighted by molar-refractivity contribution is 9.11. The van der Waals surface area contributed by atoms with Crippen molar-refractivity contribution in [3.8, 4) is 11.1 Å². The van der Waals surface area contributed by atoms with Gasteiger partial charge in [0.15, 0.2) is 0 Å². The average molecular weight is 860 g/mol. The number of rotatable bonds is 10. The van der Waals surface area contributed by atoms with E-state index < -0.39 is 30.1 Å². The van der Waals surface area contributed by atoms with Gasteiger partial charge in [-0.15, -0.1) is 0 Å². The predicted molar refractivity (Wildman–Crippen MR) is 214 cm³/mol. The number of carbonyl (C=O) groups is 5. The van der Waals surface area contributed by atoms with Crippen molar-refractivity contribution in [1.29, 1.82) is 0 Å². The van der Waals surface area contributed by atoms with Crippen LogP contribution in [-0.2, 0) is 23.9 Å². The molecule has 0 bridgehead atoms. The molecule has 5 amide bonds. The largest absolute Gasteiger partial charge is 0.453 e. The smallest absolute Gasteiger partial charge is 0.407 e. The van der Waals surface area contributed by atoms with Crippen LogP contribution in [-0.4, -0.2) is 71.8 Å². The first-order chi connectivity index (χ1) is 26.0. The standard InChI is InChI=1S/C41H41Br2N5O6/c1-25(26-11-5-3-6-12-26)39(51)47-21-9-15-34(47)37(49)44-28-17-19-30(32(42)23-28)31-20-18-29(24-33(31)43)45-38(50)35-16-10-22-48(35)40(52)36(46-41(53)54-2)27-13-7-4-8-14-27/h3-8,11-14,17-20,23-25,34-36H,9-10,15-16,21-22H2,1-2H3,(H,44,49)(H,45,50)(H,46,53)/t25-,34+,35+,36-/m1/s1. The second-order valence-corrected chi connectivity index (χ2v) is 15.1. The zero-order valence-electron chi connectivity index (χ0n) is 29.9. The fourth-order valence-corrected chi connectivity index (χ4v) is 8.27. The maximum Gasteiger partial charge on any atom is 0.407 e. The number of methoxy groups -OCH3 is 1.